The smallest absolute Gasteiger partial charge is 0.273 e. The van der Waals surface area contributed by atoms with Crippen LogP contribution in [0.5, 0.6) is 0 Å². The van der Waals surface area contributed by atoms with E-state index in [0.29, 0.717) is 10.8 Å². The Labute approximate surface area is 86.0 Å². The summed E-state index contributed by atoms with van der Waals surface area (Å²) in [4.78, 5) is 14.2. The van der Waals surface area contributed by atoms with Crippen LogP contribution in [0.4, 0.5) is 0 Å². The highest BCUT2D eigenvalue weighted by molar-refractivity contribution is 7.80. The van der Waals surface area contributed by atoms with E-state index in [0.717, 1.165) is 5.56 Å². The third-order valence-corrected chi connectivity index (χ3v) is 1.97. The predicted molar refractivity (Wildman–Crippen MR) is 54.9 cm³/mol. The van der Waals surface area contributed by atoms with Gasteiger partial charge < -0.3 is 5.32 Å². The summed E-state index contributed by atoms with van der Waals surface area (Å²) in [6, 6.07) is 3.75. The lowest BCUT2D eigenvalue weighted by molar-refractivity contribution is -0.378. The summed E-state index contributed by atoms with van der Waals surface area (Å²) in [7, 11) is 0. The van der Waals surface area contributed by atoms with Gasteiger partial charge in [0.05, 0.1) is 0 Å². The first-order valence-corrected chi connectivity index (χ1v) is 4.47. The van der Waals surface area contributed by atoms with Gasteiger partial charge in [0.25, 0.3) is 5.91 Å². The molecule has 0 aliphatic carbocycles. The molecule has 0 spiro atoms. The first kappa shape index (κ1) is 8.83. The molecular formula is C9H8N3OS+. The van der Waals surface area contributed by atoms with Gasteiger partial charge in [-0.05, 0) is 24.4 Å². The van der Waals surface area contributed by atoms with Gasteiger partial charge in [0.2, 0.25) is 0 Å². The highest BCUT2D eigenvalue weighted by Crippen LogP contribution is 2.05. The molecule has 4 nitrogen and oxygen atoms in total. The average molecular weight is 206 g/mol. The van der Waals surface area contributed by atoms with Crippen molar-refractivity contribution in [3.8, 4) is 0 Å². The molecule has 1 saturated heterocycles. The summed E-state index contributed by atoms with van der Waals surface area (Å²) in [5.41, 5.74) is 1.38. The molecule has 2 heterocycles. The van der Waals surface area contributed by atoms with E-state index < -0.39 is 0 Å². The molecule has 14 heavy (non-hydrogen) atoms. The van der Waals surface area contributed by atoms with Crippen molar-refractivity contribution in [2.45, 2.75) is 0 Å². The third kappa shape index (κ3) is 1.77. The number of H-pyrrole nitrogens is 1. The van der Waals surface area contributed by atoms with E-state index in [-0.39, 0.29) is 5.91 Å². The summed E-state index contributed by atoms with van der Waals surface area (Å²) < 4.78 is 0. The number of pyridine rings is 1. The van der Waals surface area contributed by atoms with Crippen LogP contribution in [0.2, 0.25) is 0 Å². The van der Waals surface area contributed by atoms with Gasteiger partial charge in [0.15, 0.2) is 17.5 Å². The molecule has 0 bridgehead atoms. The summed E-state index contributed by atoms with van der Waals surface area (Å²) in [5.74, 6) is -0.196. The largest absolute Gasteiger partial charge is 0.328 e. The summed E-state index contributed by atoms with van der Waals surface area (Å²) in [6.45, 7) is 0. The predicted octanol–water partition coefficient (Wildman–Crippen LogP) is -0.154. The van der Waals surface area contributed by atoms with Crippen molar-refractivity contribution in [3.05, 3.63) is 35.8 Å². The lowest BCUT2D eigenvalue weighted by Gasteiger charge is -1.92. The maximum atomic E-state index is 11.2. The van der Waals surface area contributed by atoms with Gasteiger partial charge in [0.1, 0.15) is 5.70 Å². The van der Waals surface area contributed by atoms with E-state index in [1.807, 2.05) is 12.1 Å². The van der Waals surface area contributed by atoms with Gasteiger partial charge in [-0.25, -0.2) is 4.98 Å². The van der Waals surface area contributed by atoms with Crippen molar-refractivity contribution in [1.82, 2.24) is 10.6 Å². The maximum Gasteiger partial charge on any atom is 0.273 e. The molecule has 0 atom stereocenters. The van der Waals surface area contributed by atoms with Crippen molar-refractivity contribution >= 4 is 29.3 Å². The number of amides is 1. The van der Waals surface area contributed by atoms with Gasteiger partial charge in [-0.3, -0.25) is 10.1 Å². The molecule has 0 aromatic carbocycles. The van der Waals surface area contributed by atoms with Crippen molar-refractivity contribution in [1.29, 1.82) is 0 Å². The molecule has 1 aromatic heterocycles. The van der Waals surface area contributed by atoms with E-state index in [9.17, 15) is 4.79 Å². The van der Waals surface area contributed by atoms with Crippen LogP contribution < -0.4 is 15.6 Å². The number of nitrogens with one attached hydrogen (secondary N) is 3. The van der Waals surface area contributed by atoms with Gasteiger partial charge >= 0.3 is 0 Å². The van der Waals surface area contributed by atoms with E-state index in [1.165, 1.54) is 0 Å². The Balaban J connectivity index is 2.28. The molecular weight excluding hydrogens is 198 g/mol. The Morgan fingerprint density at radius 3 is 2.86 bits per heavy atom. The van der Waals surface area contributed by atoms with Gasteiger partial charge in [-0.15, -0.1) is 0 Å². The van der Waals surface area contributed by atoms with Crippen LogP contribution in [-0.2, 0) is 4.79 Å². The fourth-order valence-electron chi connectivity index (χ4n) is 1.15. The van der Waals surface area contributed by atoms with Crippen LogP contribution in [0.25, 0.3) is 6.08 Å². The zero-order valence-electron chi connectivity index (χ0n) is 7.20. The lowest BCUT2D eigenvalue weighted by Crippen LogP contribution is -2.21. The average Bonchev–Trinajstić information content (AvgIpc) is 2.47. The van der Waals surface area contributed by atoms with Crippen LogP contribution in [0.3, 0.4) is 0 Å². The first-order valence-electron chi connectivity index (χ1n) is 4.06. The maximum absolute atomic E-state index is 11.2. The Morgan fingerprint density at radius 2 is 2.29 bits per heavy atom. The van der Waals surface area contributed by atoms with E-state index >= 15 is 0 Å². The number of aromatic nitrogens is 1. The summed E-state index contributed by atoms with van der Waals surface area (Å²) in [5, 5.41) is 5.61. The van der Waals surface area contributed by atoms with Crippen LogP contribution in [-0.4, -0.2) is 11.0 Å². The van der Waals surface area contributed by atoms with E-state index in [1.54, 1.807) is 18.5 Å². The number of rotatable bonds is 1. The minimum Gasteiger partial charge on any atom is -0.328 e. The van der Waals surface area contributed by atoms with Crippen LogP contribution in [0.1, 0.15) is 5.56 Å². The third-order valence-electron chi connectivity index (χ3n) is 1.76. The second kappa shape index (κ2) is 3.55. The minimum atomic E-state index is -0.196. The van der Waals surface area contributed by atoms with Crippen molar-refractivity contribution in [2.24, 2.45) is 0 Å². The van der Waals surface area contributed by atoms with Gasteiger partial charge in [0, 0.05) is 11.6 Å². The number of carbonyl (C=O) groups is 1. The van der Waals surface area contributed by atoms with Crippen molar-refractivity contribution in [3.63, 3.8) is 0 Å². The number of thiocarbonyl (C=S) groups is 1. The molecule has 1 fully saturated rings. The first-order chi connectivity index (χ1) is 6.75. The second-order valence-corrected chi connectivity index (χ2v) is 3.21. The fourth-order valence-corrected chi connectivity index (χ4v) is 1.35. The Kier molecular flexibility index (Phi) is 2.24. The molecule has 3 N–H and O–H groups in total. The second-order valence-electron chi connectivity index (χ2n) is 2.80. The molecule has 5 heteroatoms. The number of aromatic amines is 1. The van der Waals surface area contributed by atoms with Crippen LogP contribution >= 0.6 is 12.2 Å². The topological polar surface area (TPSA) is 55.3 Å². The number of hydrogen-bond donors (Lipinski definition) is 2. The normalized spacial score (nSPS) is 18.1. The minimum absolute atomic E-state index is 0.196. The van der Waals surface area contributed by atoms with Crippen molar-refractivity contribution in [2.75, 3.05) is 0 Å². The lowest BCUT2D eigenvalue weighted by atomic mass is 10.2. The SMILES string of the molecule is O=C1NC(=S)NC1=Cc1ccc[nH+]c1. The van der Waals surface area contributed by atoms with Gasteiger partial charge in [-0.2, -0.15) is 0 Å². The summed E-state index contributed by atoms with van der Waals surface area (Å²) >= 11 is 4.80. The molecule has 1 aromatic rings. The molecule has 1 aliphatic heterocycles. The molecule has 1 amide bonds. The van der Waals surface area contributed by atoms with E-state index in [2.05, 4.69) is 15.6 Å². The molecule has 0 unspecified atom stereocenters. The van der Waals surface area contributed by atoms with Crippen LogP contribution in [0.15, 0.2) is 30.2 Å². The van der Waals surface area contributed by atoms with Crippen LogP contribution in [0, 0.1) is 0 Å². The highest BCUT2D eigenvalue weighted by atomic mass is 32.1. The molecule has 70 valence electrons. The standard InChI is InChI=1S/C9H7N3OS/c13-8-7(11-9(14)12-8)4-6-2-1-3-10-5-6/h1-5H,(H2,11,12,13,14)/p+1. The number of carbonyl (C=O) groups excluding carboxylic acids is 1. The zero-order valence-corrected chi connectivity index (χ0v) is 8.02. The summed E-state index contributed by atoms with van der Waals surface area (Å²) in [6.07, 6.45) is 5.32. The monoisotopic (exact) mass is 206 g/mol. The Morgan fingerprint density at radius 1 is 1.43 bits per heavy atom. The molecule has 0 radical (unpaired) electrons. The Bertz CT molecular complexity index is 413. The van der Waals surface area contributed by atoms with E-state index in [4.69, 9.17) is 12.2 Å². The fraction of sp³-hybridized carbons (Fsp3) is 0. The Hall–Kier alpha value is -1.75. The highest BCUT2D eigenvalue weighted by Gasteiger charge is 2.19. The molecule has 0 saturated carbocycles. The molecule has 1 aliphatic rings. The van der Waals surface area contributed by atoms with Gasteiger partial charge in [-0.1, -0.05) is 0 Å². The van der Waals surface area contributed by atoms with Crippen molar-refractivity contribution < 1.29 is 9.78 Å². The number of hydrogen-bond acceptors (Lipinski definition) is 2. The quantitative estimate of drug-likeness (QED) is 0.496. The zero-order chi connectivity index (χ0) is 9.97. The molecule has 2 rings (SSSR count).